The lowest BCUT2D eigenvalue weighted by Crippen LogP contribution is -2.35. The second-order valence-electron chi connectivity index (χ2n) is 4.96. The predicted molar refractivity (Wildman–Crippen MR) is 50.0 cm³/mol. The minimum Gasteiger partial charge on any atom is -0.308 e. The fourth-order valence-corrected chi connectivity index (χ4v) is 2.41. The van der Waals surface area contributed by atoms with Crippen molar-refractivity contribution in [1.82, 2.24) is 5.32 Å². The molecule has 1 aliphatic carbocycles. The second-order valence-corrected chi connectivity index (χ2v) is 4.96. The molecule has 0 saturated heterocycles. The Balaban J connectivity index is 2.35. The van der Waals surface area contributed by atoms with Gasteiger partial charge >= 0.3 is 0 Å². The molecule has 0 aromatic heterocycles. The zero-order valence-electron chi connectivity index (χ0n) is 8.61. The van der Waals surface area contributed by atoms with E-state index in [1.54, 1.807) is 0 Å². The topological polar surface area (TPSA) is 12.0 Å². The molecule has 1 aliphatic rings. The SMILES string of the molecule is CC1CC(C)(C)CC1NCC(F)F. The molecule has 0 radical (unpaired) electrons. The van der Waals surface area contributed by atoms with Crippen molar-refractivity contribution in [2.75, 3.05) is 6.54 Å². The molecule has 2 atom stereocenters. The lowest BCUT2D eigenvalue weighted by Gasteiger charge is -2.18. The number of hydrogen-bond acceptors (Lipinski definition) is 1. The first-order valence-electron chi connectivity index (χ1n) is 4.92. The molecule has 1 N–H and O–H groups in total. The molecule has 2 unspecified atom stereocenters. The normalized spacial score (nSPS) is 32.8. The maximum absolute atomic E-state index is 11.9. The zero-order valence-corrected chi connectivity index (χ0v) is 8.61. The standard InChI is InChI=1S/C10H19F2N/c1-7-4-10(2,3)5-8(7)13-6-9(11)12/h7-9,13H,4-6H2,1-3H3. The number of hydrogen-bond donors (Lipinski definition) is 1. The third kappa shape index (κ3) is 3.22. The van der Waals surface area contributed by atoms with Crippen LogP contribution in [0.5, 0.6) is 0 Å². The Bertz CT molecular complexity index is 168. The minimum absolute atomic E-state index is 0.162. The molecule has 1 rings (SSSR count). The van der Waals surface area contributed by atoms with Crippen LogP contribution in [-0.2, 0) is 0 Å². The van der Waals surface area contributed by atoms with E-state index in [1.807, 2.05) is 0 Å². The first-order valence-corrected chi connectivity index (χ1v) is 4.92. The van der Waals surface area contributed by atoms with Gasteiger partial charge in [0.25, 0.3) is 6.43 Å². The van der Waals surface area contributed by atoms with Gasteiger partial charge in [-0.1, -0.05) is 20.8 Å². The summed E-state index contributed by atoms with van der Waals surface area (Å²) in [5.41, 5.74) is 0.319. The fraction of sp³-hybridized carbons (Fsp3) is 1.00. The van der Waals surface area contributed by atoms with Gasteiger partial charge in [0.2, 0.25) is 0 Å². The van der Waals surface area contributed by atoms with Crippen LogP contribution in [0.4, 0.5) is 8.78 Å². The van der Waals surface area contributed by atoms with Crippen LogP contribution in [0.25, 0.3) is 0 Å². The highest BCUT2D eigenvalue weighted by atomic mass is 19.3. The van der Waals surface area contributed by atoms with E-state index >= 15 is 0 Å². The van der Waals surface area contributed by atoms with Gasteiger partial charge in [-0.15, -0.1) is 0 Å². The highest BCUT2D eigenvalue weighted by molar-refractivity contribution is 4.91. The number of halogens is 2. The maximum Gasteiger partial charge on any atom is 0.250 e. The van der Waals surface area contributed by atoms with Crippen LogP contribution in [0.3, 0.4) is 0 Å². The summed E-state index contributed by atoms with van der Waals surface area (Å²) < 4.78 is 23.9. The van der Waals surface area contributed by atoms with Crippen molar-refractivity contribution >= 4 is 0 Å². The van der Waals surface area contributed by atoms with Gasteiger partial charge in [-0.05, 0) is 24.2 Å². The molecule has 0 aromatic carbocycles. The molecule has 3 heteroatoms. The average Bonchev–Trinajstić information content (AvgIpc) is 2.20. The largest absolute Gasteiger partial charge is 0.308 e. The zero-order chi connectivity index (χ0) is 10.1. The number of alkyl halides is 2. The highest BCUT2D eigenvalue weighted by Gasteiger charge is 2.36. The lowest BCUT2D eigenvalue weighted by molar-refractivity contribution is 0.138. The van der Waals surface area contributed by atoms with Crippen LogP contribution < -0.4 is 5.32 Å². The van der Waals surface area contributed by atoms with E-state index in [0.717, 1.165) is 12.8 Å². The van der Waals surface area contributed by atoms with Crippen molar-refractivity contribution in [3.8, 4) is 0 Å². The van der Waals surface area contributed by atoms with Crippen LogP contribution in [0.1, 0.15) is 33.6 Å². The van der Waals surface area contributed by atoms with Gasteiger partial charge in [0.05, 0.1) is 6.54 Å². The Morgan fingerprint density at radius 2 is 2.00 bits per heavy atom. The Morgan fingerprint density at radius 3 is 2.38 bits per heavy atom. The average molecular weight is 191 g/mol. The Morgan fingerprint density at radius 1 is 1.38 bits per heavy atom. The molecule has 0 amide bonds. The molecule has 78 valence electrons. The summed E-state index contributed by atoms with van der Waals surface area (Å²) >= 11 is 0. The molecule has 0 heterocycles. The van der Waals surface area contributed by atoms with E-state index in [4.69, 9.17) is 0 Å². The molecule has 0 aromatic rings. The van der Waals surface area contributed by atoms with Gasteiger partial charge in [-0.25, -0.2) is 8.78 Å². The summed E-state index contributed by atoms with van der Waals surface area (Å²) in [5.74, 6) is 0.522. The summed E-state index contributed by atoms with van der Waals surface area (Å²) in [7, 11) is 0. The molecule has 13 heavy (non-hydrogen) atoms. The predicted octanol–water partition coefficient (Wildman–Crippen LogP) is 2.67. The molecule has 0 bridgehead atoms. The molecule has 1 saturated carbocycles. The summed E-state index contributed by atoms with van der Waals surface area (Å²) in [5, 5.41) is 2.94. The summed E-state index contributed by atoms with van der Waals surface area (Å²) in [6, 6.07) is 0.281. The van der Waals surface area contributed by atoms with Gasteiger partial charge in [-0.2, -0.15) is 0 Å². The molecule has 0 spiro atoms. The van der Waals surface area contributed by atoms with Gasteiger partial charge < -0.3 is 5.32 Å². The maximum atomic E-state index is 11.9. The summed E-state index contributed by atoms with van der Waals surface area (Å²) in [6.45, 7) is 6.38. The first kappa shape index (κ1) is 10.9. The van der Waals surface area contributed by atoms with Gasteiger partial charge in [0.1, 0.15) is 0 Å². The summed E-state index contributed by atoms with van der Waals surface area (Å²) in [6.07, 6.45) is -0.0784. The smallest absolute Gasteiger partial charge is 0.250 e. The Kier molecular flexibility index (Phi) is 3.28. The van der Waals surface area contributed by atoms with Crippen molar-refractivity contribution in [1.29, 1.82) is 0 Å². The van der Waals surface area contributed by atoms with Gasteiger partial charge in [0.15, 0.2) is 0 Å². The molecule has 0 aliphatic heterocycles. The first-order chi connectivity index (χ1) is 5.91. The van der Waals surface area contributed by atoms with Crippen LogP contribution in [0.2, 0.25) is 0 Å². The van der Waals surface area contributed by atoms with Crippen molar-refractivity contribution in [3.63, 3.8) is 0 Å². The van der Waals surface area contributed by atoms with Crippen LogP contribution in [0, 0.1) is 11.3 Å². The van der Waals surface area contributed by atoms with Gasteiger partial charge in [0, 0.05) is 6.04 Å². The van der Waals surface area contributed by atoms with E-state index in [1.165, 1.54) is 0 Å². The van der Waals surface area contributed by atoms with Gasteiger partial charge in [-0.3, -0.25) is 0 Å². The number of rotatable bonds is 3. The Labute approximate surface area is 78.9 Å². The van der Waals surface area contributed by atoms with Crippen molar-refractivity contribution in [3.05, 3.63) is 0 Å². The quantitative estimate of drug-likeness (QED) is 0.723. The van der Waals surface area contributed by atoms with E-state index in [9.17, 15) is 8.78 Å². The van der Waals surface area contributed by atoms with Crippen molar-refractivity contribution < 1.29 is 8.78 Å². The fourth-order valence-electron chi connectivity index (χ4n) is 2.41. The lowest BCUT2D eigenvalue weighted by atomic mass is 9.91. The van der Waals surface area contributed by atoms with Crippen LogP contribution in [0.15, 0.2) is 0 Å². The number of nitrogens with one attached hydrogen (secondary N) is 1. The molecular formula is C10H19F2N. The third-order valence-corrected chi connectivity index (χ3v) is 2.87. The van der Waals surface area contributed by atoms with Crippen molar-refractivity contribution in [2.24, 2.45) is 11.3 Å². The summed E-state index contributed by atoms with van der Waals surface area (Å²) in [4.78, 5) is 0. The molecular weight excluding hydrogens is 172 g/mol. The third-order valence-electron chi connectivity index (χ3n) is 2.87. The van der Waals surface area contributed by atoms with E-state index < -0.39 is 6.43 Å². The van der Waals surface area contributed by atoms with Crippen LogP contribution in [-0.4, -0.2) is 19.0 Å². The van der Waals surface area contributed by atoms with E-state index in [0.29, 0.717) is 11.3 Å². The van der Waals surface area contributed by atoms with E-state index in [-0.39, 0.29) is 12.6 Å². The van der Waals surface area contributed by atoms with Crippen LogP contribution >= 0.6 is 0 Å². The highest BCUT2D eigenvalue weighted by Crippen LogP contribution is 2.40. The second kappa shape index (κ2) is 3.91. The van der Waals surface area contributed by atoms with Crippen molar-refractivity contribution in [2.45, 2.75) is 46.1 Å². The molecule has 1 fully saturated rings. The monoisotopic (exact) mass is 191 g/mol. The minimum atomic E-state index is -2.23. The molecule has 1 nitrogen and oxygen atoms in total. The Hall–Kier alpha value is -0.180. The van der Waals surface area contributed by atoms with E-state index in [2.05, 4.69) is 26.1 Å².